The largest absolute Gasteiger partial charge is 0.452 e. The number of rotatable bonds is 1. The van der Waals surface area contributed by atoms with E-state index in [1.807, 2.05) is 6.08 Å². The summed E-state index contributed by atoms with van der Waals surface area (Å²) in [6, 6.07) is 0.591. The Kier molecular flexibility index (Phi) is 2.35. The normalized spacial score (nSPS) is 26.1. The van der Waals surface area contributed by atoms with Crippen molar-refractivity contribution in [2.45, 2.75) is 38.3 Å². The van der Waals surface area contributed by atoms with Crippen LogP contribution < -0.4 is 0 Å². The van der Waals surface area contributed by atoms with Crippen molar-refractivity contribution in [1.82, 2.24) is 4.90 Å². The quantitative estimate of drug-likeness (QED) is 0.591. The lowest BCUT2D eigenvalue weighted by atomic mass is 9.91. The second kappa shape index (κ2) is 3.39. The molecular weight excluding hydrogens is 178 g/mol. The maximum absolute atomic E-state index is 11.0. The van der Waals surface area contributed by atoms with E-state index in [0.29, 0.717) is 6.04 Å². The van der Waals surface area contributed by atoms with Crippen LogP contribution in [0.2, 0.25) is 0 Å². The molecule has 0 N–H and O–H groups in total. The molecule has 3 nitrogen and oxygen atoms in total. The average molecular weight is 195 g/mol. The maximum atomic E-state index is 11.0. The third kappa shape index (κ3) is 1.69. The molecule has 14 heavy (non-hydrogen) atoms. The van der Waals surface area contributed by atoms with E-state index in [0.717, 1.165) is 25.9 Å². The van der Waals surface area contributed by atoms with Gasteiger partial charge in [0.05, 0.1) is 0 Å². The molecule has 2 heterocycles. The van der Waals surface area contributed by atoms with Gasteiger partial charge in [0.2, 0.25) is 0 Å². The minimum Gasteiger partial charge on any atom is -0.452 e. The molecule has 0 amide bonds. The molecule has 0 saturated carbocycles. The van der Waals surface area contributed by atoms with Crippen LogP contribution in [0.3, 0.4) is 0 Å². The molecule has 0 aliphatic carbocycles. The van der Waals surface area contributed by atoms with E-state index < -0.39 is 0 Å². The SMILES string of the molecule is CC(C)N1CCC2(C=CC(=O)O2)CC1. The summed E-state index contributed by atoms with van der Waals surface area (Å²) in [7, 11) is 0. The number of esters is 1. The fourth-order valence-corrected chi connectivity index (χ4v) is 2.18. The molecule has 3 heteroatoms. The lowest BCUT2D eigenvalue weighted by molar-refractivity contribution is -0.149. The average Bonchev–Trinajstić information content (AvgIpc) is 2.48. The van der Waals surface area contributed by atoms with Gasteiger partial charge in [0.1, 0.15) is 5.60 Å². The van der Waals surface area contributed by atoms with Gasteiger partial charge in [-0.25, -0.2) is 4.79 Å². The van der Waals surface area contributed by atoms with Gasteiger partial charge in [0.15, 0.2) is 0 Å². The Labute approximate surface area is 84.7 Å². The highest BCUT2D eigenvalue weighted by molar-refractivity contribution is 5.85. The van der Waals surface area contributed by atoms with E-state index in [4.69, 9.17) is 4.74 Å². The van der Waals surface area contributed by atoms with Crippen molar-refractivity contribution in [3.05, 3.63) is 12.2 Å². The zero-order valence-corrected chi connectivity index (χ0v) is 8.82. The van der Waals surface area contributed by atoms with Gasteiger partial charge < -0.3 is 9.64 Å². The summed E-state index contributed by atoms with van der Waals surface area (Å²) in [6.45, 7) is 6.45. The lowest BCUT2D eigenvalue weighted by Gasteiger charge is -2.39. The number of hydrogen-bond acceptors (Lipinski definition) is 3. The Morgan fingerprint density at radius 3 is 2.50 bits per heavy atom. The van der Waals surface area contributed by atoms with Gasteiger partial charge >= 0.3 is 5.97 Å². The third-order valence-electron chi connectivity index (χ3n) is 3.20. The first-order valence-corrected chi connectivity index (χ1v) is 5.28. The van der Waals surface area contributed by atoms with E-state index in [1.54, 1.807) is 6.08 Å². The Balaban J connectivity index is 1.96. The van der Waals surface area contributed by atoms with E-state index >= 15 is 0 Å². The predicted molar refractivity (Wildman–Crippen MR) is 53.9 cm³/mol. The Morgan fingerprint density at radius 2 is 2.07 bits per heavy atom. The molecular formula is C11H17NO2. The third-order valence-corrected chi connectivity index (χ3v) is 3.20. The van der Waals surface area contributed by atoms with Crippen molar-refractivity contribution in [2.75, 3.05) is 13.1 Å². The van der Waals surface area contributed by atoms with Crippen LogP contribution in [-0.2, 0) is 9.53 Å². The molecule has 1 saturated heterocycles. The van der Waals surface area contributed by atoms with Gasteiger partial charge in [0, 0.05) is 38.0 Å². The minimum absolute atomic E-state index is 0.178. The molecule has 0 aromatic rings. The van der Waals surface area contributed by atoms with Gasteiger partial charge in [-0.15, -0.1) is 0 Å². The number of ether oxygens (including phenoxy) is 1. The molecule has 2 aliphatic heterocycles. The molecule has 0 atom stereocenters. The summed E-state index contributed by atoms with van der Waals surface area (Å²) in [6.07, 6.45) is 5.37. The van der Waals surface area contributed by atoms with Crippen LogP contribution in [0.15, 0.2) is 12.2 Å². The van der Waals surface area contributed by atoms with E-state index in [-0.39, 0.29) is 11.6 Å². The van der Waals surface area contributed by atoms with Gasteiger partial charge in [-0.3, -0.25) is 0 Å². The highest BCUT2D eigenvalue weighted by Gasteiger charge is 2.39. The second-order valence-electron chi connectivity index (χ2n) is 4.45. The van der Waals surface area contributed by atoms with Crippen LogP contribution >= 0.6 is 0 Å². The molecule has 0 radical (unpaired) electrons. The highest BCUT2D eigenvalue weighted by atomic mass is 16.6. The number of piperidine rings is 1. The van der Waals surface area contributed by atoms with Crippen molar-refractivity contribution in [2.24, 2.45) is 0 Å². The van der Waals surface area contributed by atoms with Crippen LogP contribution in [-0.4, -0.2) is 35.6 Å². The Bertz CT molecular complexity index is 262. The van der Waals surface area contributed by atoms with Crippen LogP contribution in [0.5, 0.6) is 0 Å². The molecule has 0 unspecified atom stereocenters. The monoisotopic (exact) mass is 195 g/mol. The summed E-state index contributed by atoms with van der Waals surface area (Å²) in [5.74, 6) is -0.178. The topological polar surface area (TPSA) is 29.5 Å². The summed E-state index contributed by atoms with van der Waals surface area (Å²) in [5.41, 5.74) is -0.261. The molecule has 2 rings (SSSR count). The highest BCUT2D eigenvalue weighted by Crippen LogP contribution is 2.32. The summed E-state index contributed by atoms with van der Waals surface area (Å²) in [4.78, 5) is 13.4. The molecule has 0 aromatic heterocycles. The van der Waals surface area contributed by atoms with E-state index in [2.05, 4.69) is 18.7 Å². The standard InChI is InChI=1S/C11H17NO2/c1-9(2)12-7-5-11(6-8-12)4-3-10(13)14-11/h3-4,9H,5-8H2,1-2H3. The van der Waals surface area contributed by atoms with Crippen LogP contribution in [0.4, 0.5) is 0 Å². The van der Waals surface area contributed by atoms with Crippen LogP contribution in [0.1, 0.15) is 26.7 Å². The molecule has 0 bridgehead atoms. The molecule has 1 spiro atoms. The van der Waals surface area contributed by atoms with Crippen molar-refractivity contribution in [3.8, 4) is 0 Å². The van der Waals surface area contributed by atoms with Crippen molar-refractivity contribution in [1.29, 1.82) is 0 Å². The Morgan fingerprint density at radius 1 is 1.43 bits per heavy atom. The first-order valence-electron chi connectivity index (χ1n) is 5.28. The maximum Gasteiger partial charge on any atom is 0.331 e. The van der Waals surface area contributed by atoms with Crippen LogP contribution in [0.25, 0.3) is 0 Å². The molecule has 1 fully saturated rings. The zero-order chi connectivity index (χ0) is 10.2. The number of carbonyl (C=O) groups excluding carboxylic acids is 1. The van der Waals surface area contributed by atoms with Gasteiger partial charge in [-0.05, 0) is 19.9 Å². The molecule has 0 aromatic carbocycles. The number of likely N-dealkylation sites (tertiary alicyclic amines) is 1. The summed E-state index contributed by atoms with van der Waals surface area (Å²) >= 11 is 0. The van der Waals surface area contributed by atoms with Gasteiger partial charge in [-0.2, -0.15) is 0 Å². The van der Waals surface area contributed by atoms with Gasteiger partial charge in [0.25, 0.3) is 0 Å². The van der Waals surface area contributed by atoms with Crippen molar-refractivity contribution >= 4 is 5.97 Å². The second-order valence-corrected chi connectivity index (χ2v) is 4.45. The minimum atomic E-state index is -0.261. The molecule has 2 aliphatic rings. The van der Waals surface area contributed by atoms with Crippen LogP contribution in [0, 0.1) is 0 Å². The first-order chi connectivity index (χ1) is 6.61. The van der Waals surface area contributed by atoms with Crippen molar-refractivity contribution in [3.63, 3.8) is 0 Å². The lowest BCUT2D eigenvalue weighted by Crippen LogP contribution is -2.46. The predicted octanol–water partition coefficient (Wildman–Crippen LogP) is 1.34. The van der Waals surface area contributed by atoms with E-state index in [9.17, 15) is 4.79 Å². The first kappa shape index (κ1) is 9.71. The Hall–Kier alpha value is -0.830. The summed E-state index contributed by atoms with van der Waals surface area (Å²) in [5, 5.41) is 0. The van der Waals surface area contributed by atoms with Crippen molar-refractivity contribution < 1.29 is 9.53 Å². The van der Waals surface area contributed by atoms with Gasteiger partial charge in [-0.1, -0.05) is 0 Å². The zero-order valence-electron chi connectivity index (χ0n) is 8.82. The number of hydrogen-bond donors (Lipinski definition) is 0. The van der Waals surface area contributed by atoms with E-state index in [1.165, 1.54) is 0 Å². The smallest absolute Gasteiger partial charge is 0.331 e. The number of nitrogens with zero attached hydrogens (tertiary/aromatic N) is 1. The fourth-order valence-electron chi connectivity index (χ4n) is 2.18. The molecule has 78 valence electrons. The fraction of sp³-hybridized carbons (Fsp3) is 0.727. The number of carbonyl (C=O) groups is 1. The summed E-state index contributed by atoms with van der Waals surface area (Å²) < 4.78 is 5.34.